The van der Waals surface area contributed by atoms with Gasteiger partial charge in [-0.05, 0) is 42.2 Å². The first-order valence-electron chi connectivity index (χ1n) is 12.7. The third kappa shape index (κ3) is 6.32. The van der Waals surface area contributed by atoms with Crippen molar-refractivity contribution in [3.05, 3.63) is 70.8 Å². The predicted molar refractivity (Wildman–Crippen MR) is 129 cm³/mol. The van der Waals surface area contributed by atoms with Crippen molar-refractivity contribution in [2.75, 3.05) is 20.1 Å². The Hall–Kier alpha value is -3.04. The Labute approximate surface area is 217 Å². The van der Waals surface area contributed by atoms with Crippen LogP contribution in [0.2, 0.25) is 0 Å². The molecular weight excluding hydrogens is 510 g/mol. The summed E-state index contributed by atoms with van der Waals surface area (Å²) in [6, 6.07) is 10.6. The number of rotatable bonds is 5. The van der Waals surface area contributed by atoms with Crippen molar-refractivity contribution in [3.8, 4) is 0 Å². The third-order valence-corrected chi connectivity index (χ3v) is 7.57. The maximum Gasteiger partial charge on any atom is 0.416 e. The zero-order valence-electron chi connectivity index (χ0n) is 21.0. The topological polar surface area (TPSA) is 40.6 Å². The molecule has 4 nitrogen and oxygen atoms in total. The van der Waals surface area contributed by atoms with Crippen molar-refractivity contribution in [2.45, 2.75) is 56.9 Å². The minimum atomic E-state index is -4.97. The third-order valence-electron chi connectivity index (χ3n) is 7.57. The summed E-state index contributed by atoms with van der Waals surface area (Å²) >= 11 is 0. The van der Waals surface area contributed by atoms with E-state index >= 15 is 0 Å². The Kier molecular flexibility index (Phi) is 8.09. The molecule has 38 heavy (non-hydrogen) atoms. The Balaban J connectivity index is 1.58. The molecule has 1 saturated carbocycles. The van der Waals surface area contributed by atoms with Crippen LogP contribution in [0.4, 0.5) is 26.3 Å². The second kappa shape index (κ2) is 11.0. The summed E-state index contributed by atoms with van der Waals surface area (Å²) in [6.45, 7) is 0.0697. The van der Waals surface area contributed by atoms with E-state index in [1.54, 1.807) is 4.90 Å². The Morgan fingerprint density at radius 2 is 1.45 bits per heavy atom. The number of nitrogens with zero attached hydrogens (tertiary/aromatic N) is 2. The first-order valence-corrected chi connectivity index (χ1v) is 12.7. The number of carbonyl (C=O) groups is 2. The highest BCUT2D eigenvalue weighted by atomic mass is 19.4. The molecule has 2 amide bonds. The molecule has 2 aromatic carbocycles. The number of carbonyl (C=O) groups excluding carboxylic acids is 2. The maximum atomic E-state index is 13.6. The maximum absolute atomic E-state index is 13.6. The zero-order chi connectivity index (χ0) is 27.7. The van der Waals surface area contributed by atoms with Gasteiger partial charge < -0.3 is 9.80 Å². The zero-order valence-corrected chi connectivity index (χ0v) is 21.0. The minimum Gasteiger partial charge on any atom is -0.341 e. The van der Waals surface area contributed by atoms with Crippen molar-refractivity contribution >= 4 is 11.8 Å². The second-order valence-corrected chi connectivity index (χ2v) is 10.3. The molecule has 1 aliphatic heterocycles. The fourth-order valence-corrected chi connectivity index (χ4v) is 5.63. The van der Waals surface area contributed by atoms with Crippen molar-refractivity contribution in [3.63, 3.8) is 0 Å². The fraction of sp³-hybridized carbons (Fsp3) is 0.500. The molecule has 1 aliphatic carbocycles. The van der Waals surface area contributed by atoms with Gasteiger partial charge in [-0.3, -0.25) is 9.59 Å². The normalized spacial score (nSPS) is 21.0. The molecule has 0 N–H and O–H groups in total. The van der Waals surface area contributed by atoms with Crippen LogP contribution in [-0.4, -0.2) is 41.8 Å². The average molecular weight is 541 g/mol. The molecule has 2 aromatic rings. The molecule has 2 aliphatic rings. The van der Waals surface area contributed by atoms with Crippen molar-refractivity contribution < 1.29 is 35.9 Å². The Bertz CT molecular complexity index is 1110. The monoisotopic (exact) mass is 540 g/mol. The first-order chi connectivity index (χ1) is 17.8. The molecule has 2 atom stereocenters. The van der Waals surface area contributed by atoms with E-state index in [1.807, 2.05) is 30.3 Å². The molecule has 0 radical (unpaired) electrons. The quantitative estimate of drug-likeness (QED) is 0.406. The molecule has 206 valence electrons. The second-order valence-electron chi connectivity index (χ2n) is 10.3. The van der Waals surface area contributed by atoms with Crippen molar-refractivity contribution in [2.24, 2.45) is 11.8 Å². The van der Waals surface area contributed by atoms with Gasteiger partial charge in [0.1, 0.15) is 0 Å². The molecular formula is C28H30F6N2O2. The van der Waals surface area contributed by atoms with Crippen LogP contribution >= 0.6 is 0 Å². The average Bonchev–Trinajstić information content (AvgIpc) is 3.33. The van der Waals surface area contributed by atoms with Gasteiger partial charge >= 0.3 is 12.4 Å². The summed E-state index contributed by atoms with van der Waals surface area (Å²) in [4.78, 5) is 29.7. The van der Waals surface area contributed by atoms with Gasteiger partial charge in [0, 0.05) is 38.5 Å². The summed E-state index contributed by atoms with van der Waals surface area (Å²) in [5.74, 6) is -1.49. The largest absolute Gasteiger partial charge is 0.416 e. The highest BCUT2D eigenvalue weighted by Crippen LogP contribution is 2.38. The van der Waals surface area contributed by atoms with Gasteiger partial charge in [0.05, 0.1) is 17.0 Å². The van der Waals surface area contributed by atoms with E-state index in [9.17, 15) is 35.9 Å². The van der Waals surface area contributed by atoms with Gasteiger partial charge in [0.25, 0.3) is 0 Å². The van der Waals surface area contributed by atoms with Crippen LogP contribution in [0.25, 0.3) is 0 Å². The SMILES string of the molecule is CN(Cc1cc(C(F)(F)F)cc(C(F)(F)F)c1)C(=O)[C@H]1CN(C(=O)C2CCCCC2)C[C@@H]1c1ccccc1. The number of halogens is 6. The Morgan fingerprint density at radius 3 is 2.00 bits per heavy atom. The summed E-state index contributed by atoms with van der Waals surface area (Å²) in [6.07, 6.45) is -5.27. The van der Waals surface area contributed by atoms with Crippen LogP contribution < -0.4 is 0 Å². The lowest BCUT2D eigenvalue weighted by atomic mass is 9.88. The molecule has 0 aromatic heterocycles. The number of hydrogen-bond donors (Lipinski definition) is 0. The smallest absolute Gasteiger partial charge is 0.341 e. The van der Waals surface area contributed by atoms with Gasteiger partial charge in [-0.1, -0.05) is 49.6 Å². The molecule has 0 bridgehead atoms. The van der Waals surface area contributed by atoms with Crippen LogP contribution in [0.3, 0.4) is 0 Å². The van der Waals surface area contributed by atoms with Gasteiger partial charge in [0.2, 0.25) is 11.8 Å². The molecule has 1 heterocycles. The number of hydrogen-bond acceptors (Lipinski definition) is 2. The van der Waals surface area contributed by atoms with Crippen LogP contribution in [0.5, 0.6) is 0 Å². The van der Waals surface area contributed by atoms with E-state index < -0.39 is 41.8 Å². The number of alkyl halides is 6. The van der Waals surface area contributed by atoms with Crippen molar-refractivity contribution in [1.29, 1.82) is 0 Å². The van der Waals surface area contributed by atoms with Crippen molar-refractivity contribution in [1.82, 2.24) is 9.80 Å². The van der Waals surface area contributed by atoms with Crippen LogP contribution in [0, 0.1) is 11.8 Å². The number of benzene rings is 2. The summed E-state index contributed by atoms with van der Waals surface area (Å²) in [5.41, 5.74) is -2.25. The molecule has 10 heteroatoms. The fourth-order valence-electron chi connectivity index (χ4n) is 5.63. The molecule has 0 unspecified atom stereocenters. The van der Waals surface area contributed by atoms with Gasteiger partial charge in [-0.15, -0.1) is 0 Å². The lowest BCUT2D eigenvalue weighted by molar-refractivity contribution is -0.143. The van der Waals surface area contributed by atoms with E-state index in [1.165, 1.54) is 7.05 Å². The minimum absolute atomic E-state index is 0.0104. The first kappa shape index (κ1) is 28.0. The van der Waals surface area contributed by atoms with Gasteiger partial charge in [0.15, 0.2) is 0 Å². The van der Waals surface area contributed by atoms with Crippen LogP contribution in [0.1, 0.15) is 60.3 Å². The molecule has 2 fully saturated rings. The van der Waals surface area contributed by atoms with E-state index in [0.717, 1.165) is 42.6 Å². The Morgan fingerprint density at radius 1 is 0.868 bits per heavy atom. The highest BCUT2D eigenvalue weighted by Gasteiger charge is 2.43. The predicted octanol–water partition coefficient (Wildman–Crippen LogP) is 6.51. The lowest BCUT2D eigenvalue weighted by Crippen LogP contribution is -2.38. The summed E-state index contributed by atoms with van der Waals surface area (Å²) in [7, 11) is 1.36. The summed E-state index contributed by atoms with van der Waals surface area (Å²) in [5, 5.41) is 0. The van der Waals surface area contributed by atoms with Crippen LogP contribution in [-0.2, 0) is 28.5 Å². The number of amides is 2. The standard InChI is InChI=1S/C28H30F6N2O2/c1-35(15-18-12-21(27(29,30)31)14-22(13-18)28(32,33)34)26(38)24-17-36(25(37)20-10-6-3-7-11-20)16-23(24)19-8-4-2-5-9-19/h2,4-5,8-9,12-14,20,23-24H,3,6-7,10-11,15-17H2,1H3/t23-,24+/m1/s1. The lowest BCUT2D eigenvalue weighted by Gasteiger charge is -2.26. The van der Waals surface area contributed by atoms with E-state index in [2.05, 4.69) is 0 Å². The number of likely N-dealkylation sites (tertiary alicyclic amines) is 1. The van der Waals surface area contributed by atoms with Gasteiger partial charge in [-0.25, -0.2) is 0 Å². The van der Waals surface area contributed by atoms with Gasteiger partial charge in [-0.2, -0.15) is 26.3 Å². The van der Waals surface area contributed by atoms with E-state index in [0.29, 0.717) is 18.7 Å². The molecule has 4 rings (SSSR count). The van der Waals surface area contributed by atoms with E-state index in [-0.39, 0.29) is 35.9 Å². The highest BCUT2D eigenvalue weighted by molar-refractivity contribution is 5.84. The molecule has 1 saturated heterocycles. The molecule has 0 spiro atoms. The van der Waals surface area contributed by atoms with E-state index in [4.69, 9.17) is 0 Å². The summed E-state index contributed by atoms with van der Waals surface area (Å²) < 4.78 is 79.8. The van der Waals surface area contributed by atoms with Crippen LogP contribution in [0.15, 0.2) is 48.5 Å².